The highest BCUT2D eigenvalue weighted by molar-refractivity contribution is 6.31. The van der Waals surface area contributed by atoms with Gasteiger partial charge in [0, 0.05) is 25.0 Å². The van der Waals surface area contributed by atoms with E-state index in [9.17, 15) is 9.59 Å². The summed E-state index contributed by atoms with van der Waals surface area (Å²) in [4.78, 5) is 26.7. The first-order valence-electron chi connectivity index (χ1n) is 9.66. The van der Waals surface area contributed by atoms with E-state index >= 15 is 0 Å². The van der Waals surface area contributed by atoms with Crippen molar-refractivity contribution in [3.05, 3.63) is 70.2 Å². The Labute approximate surface area is 172 Å². The van der Waals surface area contributed by atoms with E-state index in [0.717, 1.165) is 11.1 Å². The minimum atomic E-state index is -0.572. The minimum Gasteiger partial charge on any atom is -0.357 e. The van der Waals surface area contributed by atoms with Crippen LogP contribution < -0.4 is 5.32 Å². The average molecular weight is 401 g/mol. The maximum Gasteiger partial charge on any atom is 0.242 e. The van der Waals surface area contributed by atoms with Gasteiger partial charge in [-0.25, -0.2) is 0 Å². The molecular weight excluding hydrogens is 372 g/mol. The van der Waals surface area contributed by atoms with Gasteiger partial charge in [-0.15, -0.1) is 0 Å². The van der Waals surface area contributed by atoms with Gasteiger partial charge in [0.2, 0.25) is 11.8 Å². The Hall–Kier alpha value is -2.33. The second-order valence-corrected chi connectivity index (χ2v) is 7.71. The Kier molecular flexibility index (Phi) is 8.06. The first-order valence-corrected chi connectivity index (χ1v) is 10.0. The summed E-state index contributed by atoms with van der Waals surface area (Å²) in [6.45, 7) is 6.36. The van der Waals surface area contributed by atoms with E-state index in [1.54, 1.807) is 24.9 Å². The van der Waals surface area contributed by atoms with Gasteiger partial charge in [0.15, 0.2) is 0 Å². The van der Waals surface area contributed by atoms with Crippen LogP contribution in [0.2, 0.25) is 5.02 Å². The van der Waals surface area contributed by atoms with Crippen molar-refractivity contribution >= 4 is 23.4 Å². The van der Waals surface area contributed by atoms with Crippen molar-refractivity contribution < 1.29 is 9.59 Å². The predicted octanol–water partition coefficient (Wildman–Crippen LogP) is 4.56. The fourth-order valence-corrected chi connectivity index (χ4v) is 3.26. The predicted molar refractivity (Wildman–Crippen MR) is 114 cm³/mol. The van der Waals surface area contributed by atoms with Crippen molar-refractivity contribution in [1.82, 2.24) is 10.2 Å². The standard InChI is InChI=1S/C23H29ClN2O2/c1-16(2)19-12-9-18(10-13-19)11-14-22(27)26(17(3)23(28)25-4)15-20-7-5-6-8-21(20)24/h5-10,12-13,16-17H,11,14-15H2,1-4H3,(H,25,28)/t17-/m0/s1. The molecule has 0 radical (unpaired) electrons. The molecule has 0 aromatic heterocycles. The first-order chi connectivity index (χ1) is 13.3. The van der Waals surface area contributed by atoms with Crippen LogP contribution >= 0.6 is 11.6 Å². The molecule has 0 saturated carbocycles. The number of benzene rings is 2. The largest absolute Gasteiger partial charge is 0.357 e. The van der Waals surface area contributed by atoms with E-state index in [0.29, 0.717) is 30.3 Å². The number of hydrogen-bond donors (Lipinski definition) is 1. The lowest BCUT2D eigenvalue weighted by molar-refractivity contribution is -0.140. The van der Waals surface area contributed by atoms with Gasteiger partial charge >= 0.3 is 0 Å². The van der Waals surface area contributed by atoms with Crippen LogP contribution in [0.4, 0.5) is 0 Å². The Morgan fingerprint density at radius 3 is 2.25 bits per heavy atom. The van der Waals surface area contributed by atoms with Crippen molar-refractivity contribution in [2.75, 3.05) is 7.05 Å². The zero-order chi connectivity index (χ0) is 20.7. The van der Waals surface area contributed by atoms with Crippen LogP contribution in [0, 0.1) is 0 Å². The number of halogens is 1. The third-order valence-corrected chi connectivity index (χ3v) is 5.35. The third-order valence-electron chi connectivity index (χ3n) is 4.99. The SMILES string of the molecule is CNC(=O)[C@H](C)N(Cc1ccccc1Cl)C(=O)CCc1ccc(C(C)C)cc1. The number of nitrogens with zero attached hydrogens (tertiary/aromatic N) is 1. The number of carbonyl (C=O) groups is 2. The minimum absolute atomic E-state index is 0.0658. The summed E-state index contributed by atoms with van der Waals surface area (Å²) >= 11 is 6.27. The third kappa shape index (κ3) is 5.83. The molecule has 2 rings (SSSR count). The van der Waals surface area contributed by atoms with Crippen LogP contribution in [0.5, 0.6) is 0 Å². The molecule has 2 amide bonds. The van der Waals surface area contributed by atoms with Crippen LogP contribution in [-0.4, -0.2) is 29.8 Å². The van der Waals surface area contributed by atoms with E-state index in [1.165, 1.54) is 5.56 Å². The van der Waals surface area contributed by atoms with E-state index in [1.807, 2.05) is 18.2 Å². The summed E-state index contributed by atoms with van der Waals surface area (Å²) in [6, 6.07) is 15.2. The number of nitrogens with one attached hydrogen (secondary N) is 1. The van der Waals surface area contributed by atoms with E-state index in [4.69, 9.17) is 11.6 Å². The van der Waals surface area contributed by atoms with Crippen molar-refractivity contribution in [1.29, 1.82) is 0 Å². The molecule has 2 aromatic carbocycles. The molecule has 0 heterocycles. The summed E-state index contributed by atoms with van der Waals surface area (Å²) in [5, 5.41) is 3.22. The zero-order valence-corrected chi connectivity index (χ0v) is 17.8. The lowest BCUT2D eigenvalue weighted by atomic mass is 10.00. The van der Waals surface area contributed by atoms with Gasteiger partial charge in [0.1, 0.15) is 6.04 Å². The van der Waals surface area contributed by atoms with Crippen molar-refractivity contribution in [3.8, 4) is 0 Å². The van der Waals surface area contributed by atoms with Crippen LogP contribution in [0.1, 0.15) is 49.8 Å². The lowest BCUT2D eigenvalue weighted by Crippen LogP contribution is -2.46. The fourth-order valence-electron chi connectivity index (χ4n) is 3.07. The molecule has 0 aliphatic carbocycles. The summed E-state index contributed by atoms with van der Waals surface area (Å²) < 4.78 is 0. The molecule has 5 heteroatoms. The highest BCUT2D eigenvalue weighted by atomic mass is 35.5. The Bertz CT molecular complexity index is 803. The second-order valence-electron chi connectivity index (χ2n) is 7.30. The van der Waals surface area contributed by atoms with E-state index < -0.39 is 6.04 Å². The van der Waals surface area contributed by atoms with Crippen molar-refractivity contribution in [2.45, 2.75) is 52.1 Å². The first kappa shape index (κ1) is 22.0. The maximum absolute atomic E-state index is 13.0. The zero-order valence-electron chi connectivity index (χ0n) is 17.0. The molecule has 0 aliphatic heterocycles. The normalized spacial score (nSPS) is 11.9. The number of rotatable bonds is 8. The molecule has 1 N–H and O–H groups in total. The molecule has 0 saturated heterocycles. The topological polar surface area (TPSA) is 49.4 Å². The van der Waals surface area contributed by atoms with Crippen LogP contribution in [0.25, 0.3) is 0 Å². The summed E-state index contributed by atoms with van der Waals surface area (Å²) in [6.07, 6.45) is 0.976. The molecular formula is C23H29ClN2O2. The molecule has 28 heavy (non-hydrogen) atoms. The monoisotopic (exact) mass is 400 g/mol. The van der Waals surface area contributed by atoms with Gasteiger partial charge in [0.25, 0.3) is 0 Å². The van der Waals surface area contributed by atoms with Gasteiger partial charge in [-0.3, -0.25) is 9.59 Å². The van der Waals surface area contributed by atoms with Gasteiger partial charge < -0.3 is 10.2 Å². The molecule has 4 nitrogen and oxygen atoms in total. The quantitative estimate of drug-likeness (QED) is 0.706. The molecule has 0 spiro atoms. The summed E-state index contributed by atoms with van der Waals surface area (Å²) in [7, 11) is 1.58. The summed E-state index contributed by atoms with van der Waals surface area (Å²) in [5.74, 6) is 0.223. The Balaban J connectivity index is 2.11. The van der Waals surface area contributed by atoms with Gasteiger partial charge in [0.05, 0.1) is 0 Å². The average Bonchev–Trinajstić information content (AvgIpc) is 2.70. The number of carbonyl (C=O) groups excluding carboxylic acids is 2. The Morgan fingerprint density at radius 2 is 1.68 bits per heavy atom. The second kappa shape index (κ2) is 10.3. The van der Waals surface area contributed by atoms with Crippen LogP contribution in [0.3, 0.4) is 0 Å². The van der Waals surface area contributed by atoms with E-state index in [-0.39, 0.29) is 11.8 Å². The molecule has 0 fully saturated rings. The Morgan fingerprint density at radius 1 is 1.04 bits per heavy atom. The number of likely N-dealkylation sites (N-methyl/N-ethyl adjacent to an activating group) is 1. The highest BCUT2D eigenvalue weighted by Crippen LogP contribution is 2.20. The number of amides is 2. The van der Waals surface area contributed by atoms with Gasteiger partial charge in [-0.05, 0) is 42.0 Å². The molecule has 0 aliphatic rings. The van der Waals surface area contributed by atoms with E-state index in [2.05, 4.69) is 43.4 Å². The molecule has 2 aromatic rings. The number of hydrogen-bond acceptors (Lipinski definition) is 2. The van der Waals surface area contributed by atoms with Crippen LogP contribution in [0.15, 0.2) is 48.5 Å². The fraction of sp³-hybridized carbons (Fsp3) is 0.391. The molecule has 150 valence electrons. The smallest absolute Gasteiger partial charge is 0.242 e. The van der Waals surface area contributed by atoms with Crippen molar-refractivity contribution in [3.63, 3.8) is 0 Å². The van der Waals surface area contributed by atoms with Gasteiger partial charge in [-0.1, -0.05) is 67.9 Å². The van der Waals surface area contributed by atoms with Gasteiger partial charge in [-0.2, -0.15) is 0 Å². The van der Waals surface area contributed by atoms with Crippen LogP contribution in [-0.2, 0) is 22.6 Å². The summed E-state index contributed by atoms with van der Waals surface area (Å²) in [5.41, 5.74) is 3.22. The number of aryl methyl sites for hydroxylation is 1. The highest BCUT2D eigenvalue weighted by Gasteiger charge is 2.25. The lowest BCUT2D eigenvalue weighted by Gasteiger charge is -2.28. The molecule has 1 atom stereocenters. The molecule has 0 unspecified atom stereocenters. The maximum atomic E-state index is 13.0. The van der Waals surface area contributed by atoms with Crippen molar-refractivity contribution in [2.24, 2.45) is 0 Å². The molecule has 0 bridgehead atoms.